The molecule has 4 aromatic carbocycles. The lowest BCUT2D eigenvalue weighted by atomic mass is 9.96. The molecule has 0 heterocycles. The minimum absolute atomic E-state index is 0.267. The first-order chi connectivity index (χ1) is 13.2. The highest BCUT2D eigenvalue weighted by Gasteiger charge is 2.48. The number of fused-ring (bicyclic) bond motifs is 5. The fourth-order valence-corrected chi connectivity index (χ4v) is 3.77. The van der Waals surface area contributed by atoms with Crippen LogP contribution in [0, 0.1) is 0 Å². The van der Waals surface area contributed by atoms with Gasteiger partial charge in [0.1, 0.15) is 5.75 Å². The van der Waals surface area contributed by atoms with Crippen LogP contribution in [0.25, 0.3) is 32.3 Å². The Balaban J connectivity index is 2.16. The van der Waals surface area contributed by atoms with Gasteiger partial charge in [0.05, 0.1) is 7.11 Å². The van der Waals surface area contributed by atoms with Crippen LogP contribution >= 0.6 is 0 Å². The maximum absolute atomic E-state index is 12.9. The second kappa shape index (κ2) is 6.27. The van der Waals surface area contributed by atoms with Crippen LogP contribution in [0.2, 0.25) is 0 Å². The van der Waals surface area contributed by atoms with Crippen LogP contribution in [-0.2, 0) is 10.1 Å². The third kappa shape index (κ3) is 2.80. The van der Waals surface area contributed by atoms with Gasteiger partial charge in [-0.1, -0.05) is 42.5 Å². The molecule has 0 saturated heterocycles. The largest absolute Gasteiger partial charge is 0.534 e. The summed E-state index contributed by atoms with van der Waals surface area (Å²) in [4.78, 5) is 0. The summed E-state index contributed by atoms with van der Waals surface area (Å²) in [6, 6.07) is 16.9. The van der Waals surface area contributed by atoms with E-state index < -0.39 is 15.6 Å². The molecule has 144 valence electrons. The molecule has 8 heteroatoms. The third-order valence-electron chi connectivity index (χ3n) is 4.51. The molecule has 0 atom stereocenters. The minimum atomic E-state index is -5.83. The van der Waals surface area contributed by atoms with E-state index in [2.05, 4.69) is 4.18 Å². The van der Waals surface area contributed by atoms with Gasteiger partial charge in [0.25, 0.3) is 0 Å². The average molecular weight is 406 g/mol. The van der Waals surface area contributed by atoms with Gasteiger partial charge in [-0.25, -0.2) is 0 Å². The highest BCUT2D eigenvalue weighted by atomic mass is 32.2. The van der Waals surface area contributed by atoms with Gasteiger partial charge < -0.3 is 8.92 Å². The van der Waals surface area contributed by atoms with Crippen molar-refractivity contribution in [1.82, 2.24) is 0 Å². The summed E-state index contributed by atoms with van der Waals surface area (Å²) in [6.45, 7) is 0. The highest BCUT2D eigenvalue weighted by molar-refractivity contribution is 7.88. The van der Waals surface area contributed by atoms with E-state index in [-0.39, 0.29) is 11.1 Å². The smallest absolute Gasteiger partial charge is 0.496 e. The molecule has 0 aliphatic heterocycles. The zero-order valence-corrected chi connectivity index (χ0v) is 15.3. The molecule has 0 N–H and O–H groups in total. The Morgan fingerprint density at radius 2 is 1.43 bits per heavy atom. The van der Waals surface area contributed by atoms with E-state index in [1.54, 1.807) is 48.5 Å². The van der Waals surface area contributed by atoms with Crippen molar-refractivity contribution >= 4 is 42.4 Å². The summed E-state index contributed by atoms with van der Waals surface area (Å²) in [5, 5.41) is 3.31. The Labute approximate surface area is 158 Å². The van der Waals surface area contributed by atoms with Crippen LogP contribution < -0.4 is 8.92 Å². The van der Waals surface area contributed by atoms with Gasteiger partial charge in [-0.05, 0) is 39.7 Å². The number of hydrogen-bond acceptors (Lipinski definition) is 4. The molecule has 0 radical (unpaired) electrons. The molecule has 0 saturated carbocycles. The molecule has 0 aliphatic carbocycles. The van der Waals surface area contributed by atoms with Crippen molar-refractivity contribution in [2.75, 3.05) is 7.11 Å². The van der Waals surface area contributed by atoms with E-state index in [4.69, 9.17) is 4.74 Å². The molecule has 0 spiro atoms. The van der Waals surface area contributed by atoms with Crippen LogP contribution in [-0.4, -0.2) is 21.0 Å². The van der Waals surface area contributed by atoms with Crippen LogP contribution in [0.15, 0.2) is 60.7 Å². The maximum Gasteiger partial charge on any atom is 0.534 e. The van der Waals surface area contributed by atoms with E-state index in [0.717, 1.165) is 5.39 Å². The predicted octanol–water partition coefficient (Wildman–Crippen LogP) is 5.38. The van der Waals surface area contributed by atoms with Gasteiger partial charge in [-0.2, -0.15) is 21.6 Å². The van der Waals surface area contributed by atoms with Crippen molar-refractivity contribution in [3.63, 3.8) is 0 Å². The molecule has 4 rings (SSSR count). The predicted molar refractivity (Wildman–Crippen MR) is 101 cm³/mol. The lowest BCUT2D eigenvalue weighted by Crippen LogP contribution is -2.28. The van der Waals surface area contributed by atoms with Crippen molar-refractivity contribution in [3.8, 4) is 11.5 Å². The van der Waals surface area contributed by atoms with Crippen LogP contribution in [0.5, 0.6) is 11.5 Å². The molecule has 0 bridgehead atoms. The van der Waals surface area contributed by atoms with Crippen molar-refractivity contribution < 1.29 is 30.5 Å². The topological polar surface area (TPSA) is 52.6 Å². The fourth-order valence-electron chi connectivity index (χ4n) is 3.31. The molecule has 0 amide bonds. The number of halogens is 3. The monoisotopic (exact) mass is 406 g/mol. The molecule has 0 unspecified atom stereocenters. The first kappa shape index (κ1) is 18.4. The van der Waals surface area contributed by atoms with Crippen molar-refractivity contribution in [3.05, 3.63) is 60.7 Å². The van der Waals surface area contributed by atoms with Gasteiger partial charge in [0.2, 0.25) is 0 Å². The van der Waals surface area contributed by atoms with Gasteiger partial charge >= 0.3 is 15.6 Å². The molecule has 4 aromatic rings. The van der Waals surface area contributed by atoms with Crippen molar-refractivity contribution in [1.29, 1.82) is 0 Å². The van der Waals surface area contributed by atoms with Crippen molar-refractivity contribution in [2.45, 2.75) is 5.51 Å². The summed E-state index contributed by atoms with van der Waals surface area (Å²) in [5.74, 6) is 0.127. The Morgan fingerprint density at radius 3 is 2.14 bits per heavy atom. The lowest BCUT2D eigenvalue weighted by Gasteiger charge is -2.16. The summed E-state index contributed by atoms with van der Waals surface area (Å²) in [5.41, 5.74) is -5.53. The van der Waals surface area contributed by atoms with E-state index in [1.807, 2.05) is 6.07 Å². The molecular weight excluding hydrogens is 393 g/mol. The van der Waals surface area contributed by atoms with Crippen LogP contribution in [0.4, 0.5) is 13.2 Å². The zero-order valence-electron chi connectivity index (χ0n) is 14.4. The Kier molecular flexibility index (Phi) is 4.11. The first-order valence-electron chi connectivity index (χ1n) is 8.15. The summed E-state index contributed by atoms with van der Waals surface area (Å²) in [6.07, 6.45) is 0. The summed E-state index contributed by atoms with van der Waals surface area (Å²) in [7, 11) is -4.35. The van der Waals surface area contributed by atoms with Gasteiger partial charge in [-0.3, -0.25) is 0 Å². The Morgan fingerprint density at radius 1 is 0.786 bits per heavy atom. The number of methoxy groups -OCH3 is 1. The molecule has 0 aliphatic rings. The molecular formula is C20H13F3O4S. The van der Waals surface area contributed by atoms with Gasteiger partial charge in [0, 0.05) is 10.8 Å². The molecule has 0 fully saturated rings. The summed E-state index contributed by atoms with van der Waals surface area (Å²) < 4.78 is 72.1. The SMILES string of the molecule is COc1cccc2c1ccc1c3ccccc3cc(OS(=O)(=O)C(F)(F)F)c21. The average Bonchev–Trinajstić information content (AvgIpc) is 2.65. The van der Waals surface area contributed by atoms with E-state index in [1.165, 1.54) is 13.2 Å². The quantitative estimate of drug-likeness (QED) is 0.260. The number of ether oxygens (including phenoxy) is 1. The highest BCUT2D eigenvalue weighted by Crippen LogP contribution is 2.42. The Bertz CT molecular complexity index is 1330. The summed E-state index contributed by atoms with van der Waals surface area (Å²) >= 11 is 0. The standard InChI is InChI=1S/C20H13F3O4S/c1-26-17-8-4-7-15-14(17)9-10-16-13-6-3-2-5-12(13)11-18(19(15)16)27-28(24,25)20(21,22)23/h2-11H,1H3. The second-order valence-electron chi connectivity index (χ2n) is 6.12. The molecule has 4 nitrogen and oxygen atoms in total. The van der Waals surface area contributed by atoms with Gasteiger partial charge in [0.15, 0.2) is 5.75 Å². The fraction of sp³-hybridized carbons (Fsp3) is 0.100. The maximum atomic E-state index is 12.9. The lowest BCUT2D eigenvalue weighted by molar-refractivity contribution is -0.0499. The number of benzene rings is 4. The van der Waals surface area contributed by atoms with Crippen molar-refractivity contribution in [2.24, 2.45) is 0 Å². The Hall–Kier alpha value is -3.00. The van der Waals surface area contributed by atoms with Crippen LogP contribution in [0.3, 0.4) is 0 Å². The third-order valence-corrected chi connectivity index (χ3v) is 5.47. The van der Waals surface area contributed by atoms with Gasteiger partial charge in [-0.15, -0.1) is 0 Å². The number of rotatable bonds is 3. The minimum Gasteiger partial charge on any atom is -0.496 e. The first-order valence-corrected chi connectivity index (χ1v) is 9.56. The zero-order chi connectivity index (χ0) is 20.1. The number of hydrogen-bond donors (Lipinski definition) is 0. The van der Waals surface area contributed by atoms with E-state index in [0.29, 0.717) is 27.3 Å². The number of alkyl halides is 3. The second-order valence-corrected chi connectivity index (χ2v) is 7.66. The molecule has 0 aromatic heterocycles. The van der Waals surface area contributed by atoms with E-state index >= 15 is 0 Å². The normalized spacial score (nSPS) is 12.6. The van der Waals surface area contributed by atoms with E-state index in [9.17, 15) is 21.6 Å². The van der Waals surface area contributed by atoms with Crippen LogP contribution in [0.1, 0.15) is 0 Å². The molecule has 28 heavy (non-hydrogen) atoms.